The Bertz CT molecular complexity index is 1320. The van der Waals surface area contributed by atoms with Crippen LogP contribution in [0.3, 0.4) is 0 Å². The zero-order chi connectivity index (χ0) is 24.6. The van der Waals surface area contributed by atoms with E-state index in [4.69, 9.17) is 14.6 Å². The summed E-state index contributed by atoms with van der Waals surface area (Å²) in [6, 6.07) is 24.3. The van der Waals surface area contributed by atoms with E-state index in [0.29, 0.717) is 29.2 Å². The fourth-order valence-electron chi connectivity index (χ4n) is 3.54. The molecule has 0 aliphatic heterocycles. The standard InChI is InChI=1S/C27H26N4O4/c1-19-9-6-7-14-23(19)25-24(18-31(30-25)22-12-4-3-5-13-22)26(32)28-20-10-8-11-21(17-20)29-27(33)35-16-15-34-2/h3-14,17-18H,15-16H2,1-2H3,(H,28,32)(H,29,33). The summed E-state index contributed by atoms with van der Waals surface area (Å²) < 4.78 is 11.6. The van der Waals surface area contributed by atoms with Crippen LogP contribution >= 0.6 is 0 Å². The van der Waals surface area contributed by atoms with E-state index in [9.17, 15) is 9.59 Å². The highest BCUT2D eigenvalue weighted by molar-refractivity contribution is 6.08. The number of amides is 2. The van der Waals surface area contributed by atoms with Crippen molar-refractivity contribution in [2.75, 3.05) is 31.0 Å². The molecule has 3 aromatic carbocycles. The molecule has 1 aromatic heterocycles. The Morgan fingerprint density at radius 3 is 2.34 bits per heavy atom. The van der Waals surface area contributed by atoms with Crippen LogP contribution in [0.4, 0.5) is 16.2 Å². The van der Waals surface area contributed by atoms with Crippen LogP contribution in [0.1, 0.15) is 15.9 Å². The van der Waals surface area contributed by atoms with Gasteiger partial charge in [0.1, 0.15) is 12.3 Å². The van der Waals surface area contributed by atoms with E-state index in [-0.39, 0.29) is 12.5 Å². The summed E-state index contributed by atoms with van der Waals surface area (Å²) in [4.78, 5) is 25.3. The smallest absolute Gasteiger partial charge is 0.411 e. The van der Waals surface area contributed by atoms with E-state index in [1.165, 1.54) is 7.11 Å². The second kappa shape index (κ2) is 11.1. The van der Waals surface area contributed by atoms with Gasteiger partial charge in [0.05, 0.1) is 17.9 Å². The molecule has 1 heterocycles. The minimum absolute atomic E-state index is 0.145. The largest absolute Gasteiger partial charge is 0.447 e. The Hall–Kier alpha value is -4.43. The number of hydrogen-bond acceptors (Lipinski definition) is 5. The van der Waals surface area contributed by atoms with Gasteiger partial charge in [-0.2, -0.15) is 5.10 Å². The van der Waals surface area contributed by atoms with E-state index in [1.807, 2.05) is 61.5 Å². The number of hydrogen-bond donors (Lipinski definition) is 2. The average Bonchev–Trinajstić information content (AvgIpc) is 3.31. The summed E-state index contributed by atoms with van der Waals surface area (Å²) in [6.45, 7) is 2.44. The van der Waals surface area contributed by atoms with Crippen LogP contribution in [0, 0.1) is 6.92 Å². The number of methoxy groups -OCH3 is 1. The van der Waals surface area contributed by atoms with Gasteiger partial charge in [-0.05, 0) is 42.8 Å². The van der Waals surface area contributed by atoms with Gasteiger partial charge in [0, 0.05) is 30.2 Å². The number of aromatic nitrogens is 2. The van der Waals surface area contributed by atoms with Gasteiger partial charge in [0.2, 0.25) is 0 Å². The zero-order valence-electron chi connectivity index (χ0n) is 19.5. The summed E-state index contributed by atoms with van der Waals surface area (Å²) in [6.07, 6.45) is 1.12. The number of benzene rings is 3. The van der Waals surface area contributed by atoms with Crippen LogP contribution in [0.5, 0.6) is 0 Å². The first-order chi connectivity index (χ1) is 17.0. The molecule has 0 atom stereocenters. The van der Waals surface area contributed by atoms with Crippen LogP contribution in [-0.2, 0) is 9.47 Å². The Balaban J connectivity index is 1.59. The molecule has 0 saturated heterocycles. The number of anilines is 2. The normalized spacial score (nSPS) is 10.6. The Kier molecular flexibility index (Phi) is 7.54. The van der Waals surface area contributed by atoms with Gasteiger partial charge in [-0.1, -0.05) is 48.5 Å². The van der Waals surface area contributed by atoms with Crippen molar-refractivity contribution in [3.8, 4) is 16.9 Å². The maximum absolute atomic E-state index is 13.4. The first-order valence-corrected chi connectivity index (χ1v) is 11.1. The van der Waals surface area contributed by atoms with E-state index in [0.717, 1.165) is 16.8 Å². The lowest BCUT2D eigenvalue weighted by molar-refractivity contribution is 0.102. The summed E-state index contributed by atoms with van der Waals surface area (Å²) in [5.74, 6) is -0.315. The molecular formula is C27H26N4O4. The molecule has 35 heavy (non-hydrogen) atoms. The molecule has 0 bridgehead atoms. The van der Waals surface area contributed by atoms with Crippen LogP contribution < -0.4 is 10.6 Å². The lowest BCUT2D eigenvalue weighted by atomic mass is 10.0. The molecule has 0 aliphatic rings. The van der Waals surface area contributed by atoms with Crippen molar-refractivity contribution in [1.82, 2.24) is 9.78 Å². The highest BCUT2D eigenvalue weighted by Gasteiger charge is 2.20. The molecule has 0 fully saturated rings. The van der Waals surface area contributed by atoms with Crippen molar-refractivity contribution in [3.05, 3.63) is 96.2 Å². The lowest BCUT2D eigenvalue weighted by Crippen LogP contribution is -2.17. The minimum Gasteiger partial charge on any atom is -0.447 e. The van der Waals surface area contributed by atoms with Crippen molar-refractivity contribution in [2.45, 2.75) is 6.92 Å². The van der Waals surface area contributed by atoms with Gasteiger partial charge >= 0.3 is 6.09 Å². The first-order valence-electron chi connectivity index (χ1n) is 11.1. The number of para-hydroxylation sites is 1. The third-order valence-electron chi connectivity index (χ3n) is 5.27. The molecule has 2 amide bonds. The molecule has 0 saturated carbocycles. The number of carbonyl (C=O) groups is 2. The predicted octanol–water partition coefficient (Wildman–Crippen LogP) is 5.29. The molecule has 0 radical (unpaired) electrons. The van der Waals surface area contributed by atoms with Crippen molar-refractivity contribution in [3.63, 3.8) is 0 Å². The number of nitrogens with one attached hydrogen (secondary N) is 2. The summed E-state index contributed by atoms with van der Waals surface area (Å²) in [5.41, 5.74) is 4.76. The maximum atomic E-state index is 13.4. The molecular weight excluding hydrogens is 444 g/mol. The molecule has 0 spiro atoms. The predicted molar refractivity (Wildman–Crippen MR) is 135 cm³/mol. The van der Waals surface area contributed by atoms with Gasteiger partial charge in [0.15, 0.2) is 0 Å². The topological polar surface area (TPSA) is 94.5 Å². The second-order valence-electron chi connectivity index (χ2n) is 7.78. The first kappa shape index (κ1) is 23.7. The number of nitrogens with zero attached hydrogens (tertiary/aromatic N) is 2. The van der Waals surface area contributed by atoms with Gasteiger partial charge in [-0.3, -0.25) is 10.1 Å². The molecule has 2 N–H and O–H groups in total. The van der Waals surface area contributed by atoms with Crippen LogP contribution in [0.15, 0.2) is 85.1 Å². The van der Waals surface area contributed by atoms with Crippen LogP contribution in [0.25, 0.3) is 16.9 Å². The maximum Gasteiger partial charge on any atom is 0.411 e. The van der Waals surface area contributed by atoms with E-state index in [1.54, 1.807) is 35.1 Å². The highest BCUT2D eigenvalue weighted by atomic mass is 16.6. The Morgan fingerprint density at radius 1 is 0.886 bits per heavy atom. The van der Waals surface area contributed by atoms with Crippen molar-refractivity contribution < 1.29 is 19.1 Å². The van der Waals surface area contributed by atoms with E-state index >= 15 is 0 Å². The third-order valence-corrected chi connectivity index (χ3v) is 5.27. The fourth-order valence-corrected chi connectivity index (χ4v) is 3.54. The summed E-state index contributed by atoms with van der Waals surface area (Å²) >= 11 is 0. The molecule has 4 aromatic rings. The molecule has 8 nitrogen and oxygen atoms in total. The van der Waals surface area contributed by atoms with Crippen LogP contribution in [0.2, 0.25) is 0 Å². The quantitative estimate of drug-likeness (QED) is 0.341. The summed E-state index contributed by atoms with van der Waals surface area (Å²) in [7, 11) is 1.53. The molecule has 8 heteroatoms. The van der Waals surface area contributed by atoms with E-state index < -0.39 is 6.09 Å². The van der Waals surface area contributed by atoms with Crippen molar-refractivity contribution in [2.24, 2.45) is 0 Å². The van der Waals surface area contributed by atoms with Gasteiger partial charge < -0.3 is 14.8 Å². The third kappa shape index (κ3) is 5.93. The molecule has 0 aliphatic carbocycles. The number of aryl methyl sites for hydroxylation is 1. The van der Waals surface area contributed by atoms with Crippen molar-refractivity contribution >= 4 is 23.4 Å². The van der Waals surface area contributed by atoms with Gasteiger partial charge in [-0.15, -0.1) is 0 Å². The SMILES string of the molecule is COCCOC(=O)Nc1cccc(NC(=O)c2cn(-c3ccccc3)nc2-c2ccccc2C)c1. The minimum atomic E-state index is -0.600. The lowest BCUT2D eigenvalue weighted by Gasteiger charge is -2.10. The number of carbonyl (C=O) groups excluding carboxylic acids is 2. The van der Waals surface area contributed by atoms with Gasteiger partial charge in [-0.25, -0.2) is 9.48 Å². The monoisotopic (exact) mass is 470 g/mol. The van der Waals surface area contributed by atoms with Crippen LogP contribution in [-0.4, -0.2) is 42.1 Å². The molecule has 0 unspecified atom stereocenters. The van der Waals surface area contributed by atoms with Gasteiger partial charge in [0.25, 0.3) is 5.91 Å². The summed E-state index contributed by atoms with van der Waals surface area (Å²) in [5, 5.41) is 10.3. The Morgan fingerprint density at radius 2 is 1.60 bits per heavy atom. The number of ether oxygens (including phenoxy) is 2. The highest BCUT2D eigenvalue weighted by Crippen LogP contribution is 2.27. The Labute approximate surface area is 203 Å². The molecule has 4 rings (SSSR count). The number of rotatable bonds is 8. The average molecular weight is 471 g/mol. The van der Waals surface area contributed by atoms with E-state index in [2.05, 4.69) is 10.6 Å². The van der Waals surface area contributed by atoms with Crippen molar-refractivity contribution in [1.29, 1.82) is 0 Å². The fraction of sp³-hybridized carbons (Fsp3) is 0.148. The zero-order valence-corrected chi connectivity index (χ0v) is 19.5. The molecule has 178 valence electrons. The second-order valence-corrected chi connectivity index (χ2v) is 7.78.